The first kappa shape index (κ1) is 18.9. The second kappa shape index (κ2) is 10.6. The van der Waals surface area contributed by atoms with Crippen molar-refractivity contribution in [2.75, 3.05) is 18.4 Å². The highest BCUT2D eigenvalue weighted by Crippen LogP contribution is 2.30. The minimum atomic E-state index is -0.512. The highest BCUT2D eigenvalue weighted by molar-refractivity contribution is 5.52. The van der Waals surface area contributed by atoms with E-state index in [-0.39, 0.29) is 0 Å². The lowest BCUT2D eigenvalue weighted by Crippen LogP contribution is -2.27. The highest BCUT2D eigenvalue weighted by Gasteiger charge is 2.18. The van der Waals surface area contributed by atoms with Gasteiger partial charge in [-0.2, -0.15) is 0 Å². The summed E-state index contributed by atoms with van der Waals surface area (Å²) in [5.41, 5.74) is 2.77. The number of aryl methyl sites for hydroxylation is 1. The van der Waals surface area contributed by atoms with Gasteiger partial charge in [0, 0.05) is 5.56 Å². The van der Waals surface area contributed by atoms with Crippen LogP contribution in [0.3, 0.4) is 0 Å². The molecule has 0 aliphatic carbocycles. The van der Waals surface area contributed by atoms with Crippen LogP contribution in [0.5, 0.6) is 0 Å². The van der Waals surface area contributed by atoms with Gasteiger partial charge in [0.2, 0.25) is 0 Å². The Balaban J connectivity index is 2.94. The molecule has 0 aliphatic rings. The fraction of sp³-hybridized carbons (Fsp3) is 0.667. The summed E-state index contributed by atoms with van der Waals surface area (Å²) in [5.74, 6) is 0. The minimum Gasteiger partial charge on any atom is -0.388 e. The normalized spacial score (nSPS) is 12.4. The third-order valence-corrected chi connectivity index (χ3v) is 3.54. The van der Waals surface area contributed by atoms with E-state index in [1.165, 1.54) is 5.23 Å². The predicted octanol–water partition coefficient (Wildman–Crippen LogP) is 4.71. The van der Waals surface area contributed by atoms with Gasteiger partial charge in [-0.1, -0.05) is 51.3 Å². The van der Waals surface area contributed by atoms with Crippen LogP contribution in [0.1, 0.15) is 70.1 Å². The summed E-state index contributed by atoms with van der Waals surface area (Å²) in [7, 11) is 0. The van der Waals surface area contributed by atoms with Crippen LogP contribution in [0.2, 0.25) is 0 Å². The molecule has 0 fully saturated rings. The van der Waals surface area contributed by atoms with E-state index in [1.54, 1.807) is 0 Å². The van der Waals surface area contributed by atoms with Crippen LogP contribution < -0.4 is 5.23 Å². The standard InChI is InChI=1S/C18H31NO3/c1-5-8-12-21-19(22-13-9-6-2)17-11-10-15(4)14-16(17)18(20)7-3/h10-11,14,18,20H,5-9,12-13H2,1-4H3. The van der Waals surface area contributed by atoms with Crippen LogP contribution in [0.4, 0.5) is 5.69 Å². The van der Waals surface area contributed by atoms with Crippen molar-refractivity contribution in [2.45, 2.75) is 65.9 Å². The molecule has 0 aromatic heterocycles. The third kappa shape index (κ3) is 5.95. The number of benzene rings is 1. The van der Waals surface area contributed by atoms with Crippen molar-refractivity contribution < 1.29 is 14.8 Å². The molecule has 1 aromatic rings. The van der Waals surface area contributed by atoms with Gasteiger partial charge in [-0.15, -0.1) is 5.23 Å². The Bertz CT molecular complexity index is 413. The first-order chi connectivity index (χ1) is 10.6. The lowest BCUT2D eigenvalue weighted by atomic mass is 10.0. The molecule has 1 unspecified atom stereocenters. The molecule has 22 heavy (non-hydrogen) atoms. The number of anilines is 1. The first-order valence-electron chi connectivity index (χ1n) is 8.48. The molecular formula is C18H31NO3. The van der Waals surface area contributed by atoms with Crippen LogP contribution in [0.25, 0.3) is 0 Å². The van der Waals surface area contributed by atoms with Gasteiger partial charge >= 0.3 is 0 Å². The van der Waals surface area contributed by atoms with E-state index in [0.29, 0.717) is 19.6 Å². The molecule has 1 atom stereocenters. The van der Waals surface area contributed by atoms with E-state index in [4.69, 9.17) is 9.68 Å². The molecule has 1 N–H and O–H groups in total. The molecule has 1 rings (SSSR count). The maximum absolute atomic E-state index is 10.3. The van der Waals surface area contributed by atoms with Gasteiger partial charge < -0.3 is 5.11 Å². The third-order valence-electron chi connectivity index (χ3n) is 3.54. The summed E-state index contributed by atoms with van der Waals surface area (Å²) < 4.78 is 0. The lowest BCUT2D eigenvalue weighted by Gasteiger charge is -2.26. The highest BCUT2D eigenvalue weighted by atomic mass is 16.9. The molecule has 0 radical (unpaired) electrons. The number of aliphatic hydroxyl groups is 1. The Kier molecular flexibility index (Phi) is 9.13. The Morgan fingerprint density at radius 2 is 1.64 bits per heavy atom. The number of hydrogen-bond acceptors (Lipinski definition) is 4. The lowest BCUT2D eigenvalue weighted by molar-refractivity contribution is -0.0918. The Hall–Kier alpha value is -1.10. The van der Waals surface area contributed by atoms with Crippen molar-refractivity contribution in [1.29, 1.82) is 0 Å². The summed E-state index contributed by atoms with van der Waals surface area (Å²) in [4.78, 5) is 11.6. The van der Waals surface area contributed by atoms with Crippen LogP contribution in [-0.4, -0.2) is 18.3 Å². The van der Waals surface area contributed by atoms with Crippen LogP contribution in [0.15, 0.2) is 18.2 Å². The Morgan fingerprint density at radius 3 is 2.14 bits per heavy atom. The topological polar surface area (TPSA) is 41.9 Å². The average molecular weight is 309 g/mol. The van der Waals surface area contributed by atoms with Crippen LogP contribution in [-0.2, 0) is 9.68 Å². The van der Waals surface area contributed by atoms with Gasteiger partial charge in [-0.05, 0) is 32.3 Å². The van der Waals surface area contributed by atoms with Crippen molar-refractivity contribution in [2.24, 2.45) is 0 Å². The minimum absolute atomic E-state index is 0.512. The maximum Gasteiger partial charge on any atom is 0.100 e. The zero-order chi connectivity index (χ0) is 16.4. The molecule has 126 valence electrons. The summed E-state index contributed by atoms with van der Waals surface area (Å²) in [6, 6.07) is 5.98. The summed E-state index contributed by atoms with van der Waals surface area (Å²) in [6.07, 6.45) is 4.24. The number of hydrogen-bond donors (Lipinski definition) is 1. The molecule has 4 nitrogen and oxygen atoms in total. The molecule has 0 bridgehead atoms. The van der Waals surface area contributed by atoms with E-state index in [2.05, 4.69) is 13.8 Å². The van der Waals surface area contributed by atoms with Gasteiger partial charge in [-0.3, -0.25) is 0 Å². The Morgan fingerprint density at radius 1 is 1.05 bits per heavy atom. The fourth-order valence-electron chi connectivity index (χ4n) is 2.09. The zero-order valence-electron chi connectivity index (χ0n) is 14.5. The molecule has 0 spiro atoms. The van der Waals surface area contributed by atoms with Crippen molar-refractivity contribution in [3.05, 3.63) is 29.3 Å². The van der Waals surface area contributed by atoms with Gasteiger partial charge in [0.15, 0.2) is 0 Å². The molecule has 4 heteroatoms. The summed E-state index contributed by atoms with van der Waals surface area (Å²) in [6.45, 7) is 9.47. The van der Waals surface area contributed by atoms with Crippen molar-refractivity contribution in [3.8, 4) is 0 Å². The number of nitrogens with zero attached hydrogens (tertiary/aromatic N) is 1. The number of unbranched alkanes of at least 4 members (excludes halogenated alkanes) is 2. The fourth-order valence-corrected chi connectivity index (χ4v) is 2.09. The van der Waals surface area contributed by atoms with Crippen LogP contribution in [0, 0.1) is 6.92 Å². The van der Waals surface area contributed by atoms with Gasteiger partial charge in [0.05, 0.1) is 19.3 Å². The predicted molar refractivity (Wildman–Crippen MR) is 90.6 cm³/mol. The molecular weight excluding hydrogens is 278 g/mol. The second-order valence-electron chi connectivity index (χ2n) is 5.62. The van der Waals surface area contributed by atoms with Gasteiger partial charge in [0.1, 0.15) is 5.69 Å². The van der Waals surface area contributed by atoms with Crippen molar-refractivity contribution in [1.82, 2.24) is 0 Å². The summed E-state index contributed by atoms with van der Waals surface area (Å²) in [5, 5.41) is 11.8. The average Bonchev–Trinajstić information content (AvgIpc) is 2.53. The monoisotopic (exact) mass is 309 g/mol. The van der Waals surface area contributed by atoms with Gasteiger partial charge in [-0.25, -0.2) is 9.68 Å². The summed E-state index contributed by atoms with van der Waals surface area (Å²) >= 11 is 0. The largest absolute Gasteiger partial charge is 0.388 e. The maximum atomic E-state index is 10.3. The molecule has 1 aromatic carbocycles. The van der Waals surface area contributed by atoms with E-state index < -0.39 is 6.10 Å². The van der Waals surface area contributed by atoms with Gasteiger partial charge in [0.25, 0.3) is 0 Å². The van der Waals surface area contributed by atoms with E-state index >= 15 is 0 Å². The van der Waals surface area contributed by atoms with E-state index in [9.17, 15) is 5.11 Å². The van der Waals surface area contributed by atoms with Crippen molar-refractivity contribution in [3.63, 3.8) is 0 Å². The number of rotatable bonds is 11. The van der Waals surface area contributed by atoms with E-state index in [1.807, 2.05) is 32.0 Å². The smallest absolute Gasteiger partial charge is 0.100 e. The molecule has 0 amide bonds. The quantitative estimate of drug-likeness (QED) is 0.475. The molecule has 0 saturated heterocycles. The van der Waals surface area contributed by atoms with E-state index in [0.717, 1.165) is 42.5 Å². The van der Waals surface area contributed by atoms with Crippen LogP contribution >= 0.6 is 0 Å². The Labute approximate surface area is 134 Å². The molecule has 0 aliphatic heterocycles. The van der Waals surface area contributed by atoms with Crippen molar-refractivity contribution >= 4 is 5.69 Å². The SMILES string of the molecule is CCCCON(OCCCC)c1ccc(C)cc1C(O)CC. The molecule has 0 heterocycles. The first-order valence-corrected chi connectivity index (χ1v) is 8.48. The number of aliphatic hydroxyl groups excluding tert-OH is 1. The second-order valence-corrected chi connectivity index (χ2v) is 5.62. The molecule has 0 saturated carbocycles. The zero-order valence-corrected chi connectivity index (χ0v) is 14.5.